The summed E-state index contributed by atoms with van der Waals surface area (Å²) in [6.07, 6.45) is 4.16. The maximum atomic E-state index is 12.6. The minimum atomic E-state index is -3.36. The Morgan fingerprint density at radius 2 is 1.86 bits per heavy atom. The maximum absolute atomic E-state index is 12.6. The number of nitrogens with one attached hydrogen (secondary N) is 1. The van der Waals surface area contributed by atoms with Crippen LogP contribution in [-0.4, -0.2) is 32.9 Å². The van der Waals surface area contributed by atoms with E-state index in [1.165, 1.54) is 4.88 Å². The van der Waals surface area contributed by atoms with Crippen LogP contribution in [0.15, 0.2) is 36.4 Å². The highest BCUT2D eigenvalue weighted by Gasteiger charge is 2.38. The molecule has 1 aromatic heterocycles. The van der Waals surface area contributed by atoms with Gasteiger partial charge in [0.25, 0.3) is 0 Å². The van der Waals surface area contributed by atoms with Crippen LogP contribution in [-0.2, 0) is 21.9 Å². The molecule has 1 aromatic carbocycles. The van der Waals surface area contributed by atoms with Gasteiger partial charge in [-0.15, -0.1) is 11.3 Å². The van der Waals surface area contributed by atoms with Gasteiger partial charge in [0.1, 0.15) is 5.75 Å². The molecule has 2 aromatic rings. The van der Waals surface area contributed by atoms with Gasteiger partial charge < -0.3 is 9.84 Å². The van der Waals surface area contributed by atoms with Crippen molar-refractivity contribution in [3.8, 4) is 5.75 Å². The van der Waals surface area contributed by atoms with E-state index in [2.05, 4.69) is 10.8 Å². The molecular formula is C21H29NO4S2. The van der Waals surface area contributed by atoms with Crippen molar-refractivity contribution in [2.45, 2.75) is 50.5 Å². The number of methoxy groups -OCH3 is 1. The second-order valence-electron chi connectivity index (χ2n) is 7.60. The van der Waals surface area contributed by atoms with Gasteiger partial charge in [-0.1, -0.05) is 25.0 Å². The molecule has 154 valence electrons. The Kier molecular flexibility index (Phi) is 6.81. The highest BCUT2D eigenvalue weighted by atomic mass is 32.2. The summed E-state index contributed by atoms with van der Waals surface area (Å²) in [6.45, 7) is 2.19. The van der Waals surface area contributed by atoms with E-state index < -0.39 is 16.1 Å². The normalized spacial score (nSPS) is 17.5. The average Bonchev–Trinajstić information content (AvgIpc) is 3.36. The number of aliphatic hydroxyl groups excluding tert-OH is 1. The van der Waals surface area contributed by atoms with Crippen molar-refractivity contribution in [1.29, 1.82) is 0 Å². The van der Waals surface area contributed by atoms with Crippen LogP contribution in [0.4, 0.5) is 0 Å². The molecule has 1 aliphatic rings. The predicted molar refractivity (Wildman–Crippen MR) is 114 cm³/mol. The minimum Gasteiger partial charge on any atom is -0.497 e. The Bertz CT molecular complexity index is 866. The monoisotopic (exact) mass is 423 g/mol. The van der Waals surface area contributed by atoms with Gasteiger partial charge in [-0.3, -0.25) is 0 Å². The fraction of sp³-hybridized carbons (Fsp3) is 0.524. The Morgan fingerprint density at radius 3 is 2.43 bits per heavy atom. The van der Waals surface area contributed by atoms with Crippen molar-refractivity contribution >= 4 is 21.4 Å². The number of ether oxygens (including phenoxy) is 1. The fourth-order valence-corrected chi connectivity index (χ4v) is 6.12. The standard InChI is InChI=1S/C21H29NO4S2/c1-16(23)19-9-10-20(27-19)21(12-3-4-13-21)15-22-28(24,25)14-11-17-5-7-18(26-2)8-6-17/h5-10,16,22-23H,3-4,11-15H2,1-2H3. The molecule has 0 bridgehead atoms. The Balaban J connectivity index is 1.63. The van der Waals surface area contributed by atoms with Crippen LogP contribution in [0.3, 0.4) is 0 Å². The van der Waals surface area contributed by atoms with Crippen molar-refractivity contribution < 1.29 is 18.3 Å². The maximum Gasteiger partial charge on any atom is 0.211 e. The third-order valence-electron chi connectivity index (χ3n) is 5.57. The molecule has 7 heteroatoms. The van der Waals surface area contributed by atoms with Gasteiger partial charge in [-0.05, 0) is 56.0 Å². The first-order valence-electron chi connectivity index (χ1n) is 9.72. The van der Waals surface area contributed by atoms with Gasteiger partial charge in [-0.25, -0.2) is 13.1 Å². The molecule has 0 spiro atoms. The van der Waals surface area contributed by atoms with E-state index in [1.807, 2.05) is 30.3 Å². The van der Waals surface area contributed by atoms with Crippen LogP contribution in [0.1, 0.15) is 54.0 Å². The predicted octanol–water partition coefficient (Wildman–Crippen LogP) is 3.78. The van der Waals surface area contributed by atoms with Gasteiger partial charge in [-0.2, -0.15) is 0 Å². The minimum absolute atomic E-state index is 0.0682. The van der Waals surface area contributed by atoms with E-state index in [9.17, 15) is 13.5 Å². The molecular weight excluding hydrogens is 394 g/mol. The molecule has 1 aliphatic carbocycles. The largest absolute Gasteiger partial charge is 0.497 e. The number of hydrogen-bond donors (Lipinski definition) is 2. The number of aliphatic hydroxyl groups is 1. The Hall–Kier alpha value is -1.41. The zero-order chi connectivity index (χ0) is 20.2. The molecule has 1 atom stereocenters. The molecule has 28 heavy (non-hydrogen) atoms. The molecule has 3 rings (SSSR count). The van der Waals surface area contributed by atoms with E-state index in [0.29, 0.717) is 13.0 Å². The number of thiophene rings is 1. The van der Waals surface area contributed by atoms with Gasteiger partial charge in [0.2, 0.25) is 10.0 Å². The fourth-order valence-electron chi connectivity index (χ4n) is 3.79. The molecule has 1 heterocycles. The molecule has 1 saturated carbocycles. The van der Waals surface area contributed by atoms with E-state index in [0.717, 1.165) is 41.9 Å². The van der Waals surface area contributed by atoms with E-state index in [1.54, 1.807) is 25.4 Å². The molecule has 0 aliphatic heterocycles. The highest BCUT2D eigenvalue weighted by molar-refractivity contribution is 7.89. The Morgan fingerprint density at radius 1 is 1.18 bits per heavy atom. The van der Waals surface area contributed by atoms with E-state index in [-0.39, 0.29) is 11.2 Å². The number of aryl methyl sites for hydroxylation is 1. The van der Waals surface area contributed by atoms with Crippen LogP contribution < -0.4 is 9.46 Å². The first kappa shape index (κ1) is 21.3. The number of hydrogen-bond acceptors (Lipinski definition) is 5. The molecule has 2 N–H and O–H groups in total. The summed E-state index contributed by atoms with van der Waals surface area (Å²) in [5.74, 6) is 0.833. The molecule has 1 unspecified atom stereocenters. The van der Waals surface area contributed by atoms with Crippen LogP contribution in [0.5, 0.6) is 5.75 Å². The molecule has 0 radical (unpaired) electrons. The molecule has 5 nitrogen and oxygen atoms in total. The van der Waals surface area contributed by atoms with Crippen LogP contribution in [0.2, 0.25) is 0 Å². The zero-order valence-corrected chi connectivity index (χ0v) is 18.1. The third kappa shape index (κ3) is 5.14. The lowest BCUT2D eigenvalue weighted by atomic mass is 9.85. The van der Waals surface area contributed by atoms with E-state index in [4.69, 9.17) is 4.74 Å². The summed E-state index contributed by atoms with van der Waals surface area (Å²) in [6, 6.07) is 11.5. The van der Waals surface area contributed by atoms with Gasteiger partial charge in [0.15, 0.2) is 0 Å². The summed E-state index contributed by atoms with van der Waals surface area (Å²) in [5, 5.41) is 9.83. The third-order valence-corrected chi connectivity index (χ3v) is 8.40. The van der Waals surface area contributed by atoms with Crippen LogP contribution >= 0.6 is 11.3 Å². The van der Waals surface area contributed by atoms with Crippen LogP contribution in [0.25, 0.3) is 0 Å². The highest BCUT2D eigenvalue weighted by Crippen LogP contribution is 2.44. The summed E-state index contributed by atoms with van der Waals surface area (Å²) in [7, 11) is -1.75. The summed E-state index contributed by atoms with van der Waals surface area (Å²) >= 11 is 1.60. The Labute approximate surface area is 171 Å². The van der Waals surface area contributed by atoms with Crippen LogP contribution in [0, 0.1) is 0 Å². The van der Waals surface area contributed by atoms with Gasteiger partial charge in [0.05, 0.1) is 19.0 Å². The topological polar surface area (TPSA) is 75.6 Å². The average molecular weight is 424 g/mol. The quantitative estimate of drug-likeness (QED) is 0.644. The molecule has 0 amide bonds. The van der Waals surface area contributed by atoms with Crippen molar-refractivity contribution in [2.24, 2.45) is 0 Å². The summed E-state index contributed by atoms with van der Waals surface area (Å²) in [4.78, 5) is 2.11. The van der Waals surface area contributed by atoms with Crippen molar-refractivity contribution in [1.82, 2.24) is 4.72 Å². The second kappa shape index (κ2) is 8.95. The second-order valence-corrected chi connectivity index (χ2v) is 10.6. The number of benzene rings is 1. The molecule has 1 fully saturated rings. The summed E-state index contributed by atoms with van der Waals surface area (Å²) < 4.78 is 33.2. The first-order chi connectivity index (χ1) is 13.3. The first-order valence-corrected chi connectivity index (χ1v) is 12.2. The lowest BCUT2D eigenvalue weighted by molar-refractivity contribution is 0.203. The lowest BCUT2D eigenvalue weighted by Gasteiger charge is -2.28. The lowest BCUT2D eigenvalue weighted by Crippen LogP contribution is -2.39. The number of sulfonamides is 1. The molecule has 0 saturated heterocycles. The summed E-state index contributed by atoms with van der Waals surface area (Å²) in [5.41, 5.74) is 0.826. The van der Waals surface area contributed by atoms with Crippen molar-refractivity contribution in [3.05, 3.63) is 51.7 Å². The van der Waals surface area contributed by atoms with Gasteiger partial charge >= 0.3 is 0 Å². The zero-order valence-electron chi connectivity index (χ0n) is 16.5. The number of rotatable bonds is 9. The van der Waals surface area contributed by atoms with Gasteiger partial charge in [0, 0.05) is 21.7 Å². The van der Waals surface area contributed by atoms with Crippen molar-refractivity contribution in [2.75, 3.05) is 19.4 Å². The SMILES string of the molecule is COc1ccc(CCS(=O)(=O)NCC2(c3ccc(C(C)O)s3)CCCC2)cc1. The van der Waals surface area contributed by atoms with E-state index >= 15 is 0 Å². The smallest absolute Gasteiger partial charge is 0.211 e. The van der Waals surface area contributed by atoms with Crippen molar-refractivity contribution in [3.63, 3.8) is 0 Å².